The average molecular weight is 509 g/mol. The molecule has 4 fully saturated rings. The highest BCUT2D eigenvalue weighted by molar-refractivity contribution is 5.70. The second-order valence-corrected chi connectivity index (χ2v) is 12.3. The molecule has 3 saturated carbocycles. The number of ether oxygens (including phenoxy) is 5. The van der Waals surface area contributed by atoms with Gasteiger partial charge in [0.1, 0.15) is 12.9 Å². The van der Waals surface area contributed by atoms with Crippen LogP contribution in [0.25, 0.3) is 0 Å². The zero-order valence-electron chi connectivity index (χ0n) is 22.2. The number of aliphatic hydroxyl groups excluding tert-OH is 1. The summed E-state index contributed by atoms with van der Waals surface area (Å²) in [6.07, 6.45) is 7.75. The maximum Gasteiger partial charge on any atom is 0.311 e. The van der Waals surface area contributed by atoms with Crippen molar-refractivity contribution in [3.05, 3.63) is 12.2 Å². The normalized spacial score (nSPS) is 47.2. The lowest BCUT2D eigenvalue weighted by Crippen LogP contribution is -2.66. The fourth-order valence-corrected chi connectivity index (χ4v) is 8.78. The number of carbonyl (C=O) groups excluding carboxylic acids is 1. The topological polar surface area (TPSA) is 104 Å². The smallest absolute Gasteiger partial charge is 0.311 e. The van der Waals surface area contributed by atoms with Crippen molar-refractivity contribution in [2.24, 2.45) is 34.5 Å². The van der Waals surface area contributed by atoms with Crippen molar-refractivity contribution in [2.45, 2.75) is 95.9 Å². The molecular weight excluding hydrogens is 464 g/mol. The molecule has 0 amide bonds. The first-order valence-electron chi connectivity index (χ1n) is 13.8. The molecule has 1 unspecified atom stereocenters. The lowest BCUT2D eigenvalue weighted by Gasteiger charge is -2.63. The van der Waals surface area contributed by atoms with Crippen LogP contribution in [0.1, 0.15) is 65.7 Å². The third-order valence-corrected chi connectivity index (χ3v) is 10.8. The van der Waals surface area contributed by atoms with Gasteiger partial charge in [0.2, 0.25) is 0 Å². The maximum absolute atomic E-state index is 12.6. The molecule has 8 heteroatoms. The summed E-state index contributed by atoms with van der Waals surface area (Å²) >= 11 is 0. The number of carbonyl (C=O) groups is 1. The molecule has 8 nitrogen and oxygen atoms in total. The highest BCUT2D eigenvalue weighted by Gasteiger charge is 2.66. The van der Waals surface area contributed by atoms with Gasteiger partial charge in [-0.25, -0.2) is 0 Å². The van der Waals surface area contributed by atoms with Crippen molar-refractivity contribution >= 4 is 5.97 Å². The summed E-state index contributed by atoms with van der Waals surface area (Å²) in [4.78, 5) is 12.6. The van der Waals surface area contributed by atoms with Crippen LogP contribution >= 0.6 is 0 Å². The van der Waals surface area contributed by atoms with Gasteiger partial charge in [0, 0.05) is 31.3 Å². The predicted octanol–water partition coefficient (Wildman–Crippen LogP) is 3.19. The third kappa shape index (κ3) is 4.26. The number of methoxy groups -OCH3 is 1. The molecule has 1 heterocycles. The molecule has 36 heavy (non-hydrogen) atoms. The van der Waals surface area contributed by atoms with Gasteiger partial charge in [-0.05, 0) is 55.8 Å². The Balaban J connectivity index is 1.31. The van der Waals surface area contributed by atoms with E-state index in [9.17, 15) is 15.0 Å². The summed E-state index contributed by atoms with van der Waals surface area (Å²) in [6, 6.07) is 0. The number of fused-ring (bicyclic) bond motifs is 5. The van der Waals surface area contributed by atoms with Gasteiger partial charge in [0.25, 0.3) is 0 Å². The van der Waals surface area contributed by atoms with E-state index >= 15 is 0 Å². The van der Waals surface area contributed by atoms with Crippen molar-refractivity contribution in [3.8, 4) is 0 Å². The Morgan fingerprint density at radius 1 is 1.17 bits per heavy atom. The molecule has 10 atom stereocenters. The van der Waals surface area contributed by atoms with Gasteiger partial charge < -0.3 is 33.9 Å². The van der Waals surface area contributed by atoms with E-state index in [4.69, 9.17) is 23.7 Å². The lowest BCUT2D eigenvalue weighted by atomic mass is 9.44. The minimum absolute atomic E-state index is 0.0428. The van der Waals surface area contributed by atoms with Gasteiger partial charge in [-0.3, -0.25) is 4.79 Å². The number of hydrogen-bond donors (Lipinski definition) is 2. The van der Waals surface area contributed by atoms with Gasteiger partial charge in [-0.2, -0.15) is 0 Å². The minimum Gasteiger partial charge on any atom is -0.462 e. The van der Waals surface area contributed by atoms with E-state index < -0.39 is 23.4 Å². The van der Waals surface area contributed by atoms with E-state index in [1.165, 1.54) is 0 Å². The van der Waals surface area contributed by atoms with Crippen molar-refractivity contribution in [1.82, 2.24) is 0 Å². The number of allylic oxidation sites excluding steroid dienone is 1. The Morgan fingerprint density at radius 3 is 2.64 bits per heavy atom. The summed E-state index contributed by atoms with van der Waals surface area (Å²) in [5, 5.41) is 23.3. The second-order valence-electron chi connectivity index (χ2n) is 12.3. The molecule has 4 aliphatic carbocycles. The number of hydrogen-bond acceptors (Lipinski definition) is 8. The zero-order chi connectivity index (χ0) is 25.7. The van der Waals surface area contributed by atoms with Gasteiger partial charge in [-0.1, -0.05) is 26.0 Å². The average Bonchev–Trinajstić information content (AvgIpc) is 3.46. The first-order valence-corrected chi connectivity index (χ1v) is 13.8. The molecule has 5 aliphatic rings. The molecule has 0 aromatic heterocycles. The van der Waals surface area contributed by atoms with Crippen molar-refractivity contribution in [2.75, 3.05) is 27.1 Å². The van der Waals surface area contributed by atoms with Crippen LogP contribution < -0.4 is 0 Å². The first-order chi connectivity index (χ1) is 17.1. The number of aliphatic hydroxyl groups is 2. The standard InChI is InChI=1S/C28H44O8/c1-17(36-24(30)14-25-33-11-12-34-25)20-5-6-21-19-7-10-28(31)15-18(35-16-32-4)13-23(29)27(28,3)22(19)8-9-26(20,21)2/h7,10,17-23,25,29,31H,5-6,8-9,11-16H2,1-4H3/t17?,18-,19-,20+,21-,22-,23-,26+,27-,28+/m0/s1. The molecule has 5 rings (SSSR count). The zero-order valence-corrected chi connectivity index (χ0v) is 22.2. The number of rotatable bonds is 7. The highest BCUT2D eigenvalue weighted by Crippen LogP contribution is 2.67. The molecule has 0 radical (unpaired) electrons. The fraction of sp³-hybridized carbons (Fsp3) is 0.893. The largest absolute Gasteiger partial charge is 0.462 e. The third-order valence-electron chi connectivity index (χ3n) is 10.8. The number of esters is 1. The van der Waals surface area contributed by atoms with Crippen molar-refractivity contribution in [1.29, 1.82) is 0 Å². The summed E-state index contributed by atoms with van der Waals surface area (Å²) < 4.78 is 27.5. The first kappa shape index (κ1) is 26.6. The van der Waals surface area contributed by atoms with Gasteiger partial charge in [-0.15, -0.1) is 0 Å². The van der Waals surface area contributed by atoms with E-state index in [1.807, 2.05) is 13.0 Å². The van der Waals surface area contributed by atoms with Crippen LogP contribution in [0.15, 0.2) is 12.2 Å². The van der Waals surface area contributed by atoms with Gasteiger partial charge in [0.15, 0.2) is 6.29 Å². The van der Waals surface area contributed by atoms with Crippen LogP contribution in [0.3, 0.4) is 0 Å². The maximum atomic E-state index is 12.6. The molecule has 0 aromatic carbocycles. The summed E-state index contributed by atoms with van der Waals surface area (Å²) in [7, 11) is 1.58. The Morgan fingerprint density at radius 2 is 1.92 bits per heavy atom. The monoisotopic (exact) mass is 508 g/mol. The summed E-state index contributed by atoms with van der Waals surface area (Å²) in [5.41, 5.74) is -1.69. The van der Waals surface area contributed by atoms with E-state index in [-0.39, 0.29) is 54.6 Å². The lowest BCUT2D eigenvalue weighted by molar-refractivity contribution is -0.231. The van der Waals surface area contributed by atoms with Crippen molar-refractivity contribution in [3.63, 3.8) is 0 Å². The highest BCUT2D eigenvalue weighted by atomic mass is 16.7. The Kier molecular flexibility index (Phi) is 7.33. The van der Waals surface area contributed by atoms with Crippen LogP contribution in [0, 0.1) is 34.5 Å². The van der Waals surface area contributed by atoms with Crippen LogP contribution in [0.5, 0.6) is 0 Å². The molecule has 0 spiro atoms. The van der Waals surface area contributed by atoms with Gasteiger partial charge >= 0.3 is 5.97 Å². The fourth-order valence-electron chi connectivity index (χ4n) is 8.78. The predicted molar refractivity (Wildman–Crippen MR) is 131 cm³/mol. The summed E-state index contributed by atoms with van der Waals surface area (Å²) in [5.74, 6) is 0.922. The molecule has 1 saturated heterocycles. The molecule has 1 aliphatic heterocycles. The van der Waals surface area contributed by atoms with Crippen LogP contribution in [0.4, 0.5) is 0 Å². The quantitative estimate of drug-likeness (QED) is 0.307. The summed E-state index contributed by atoms with van der Waals surface area (Å²) in [6.45, 7) is 7.68. The van der Waals surface area contributed by atoms with E-state index in [0.717, 1.165) is 25.7 Å². The SMILES string of the molecule is COCO[C@H]1C[C@H](O)[C@]2(C)[C@H]3CC[C@]4(C)[C@@H](C(C)OC(=O)CC5OCCO5)CC[C@H]4[C@@H]3C=C[C@@]2(O)C1. The second kappa shape index (κ2) is 9.93. The van der Waals surface area contributed by atoms with E-state index in [1.54, 1.807) is 7.11 Å². The molecular formula is C28H44O8. The Bertz CT molecular complexity index is 841. The molecule has 0 bridgehead atoms. The van der Waals surface area contributed by atoms with Crippen molar-refractivity contribution < 1.29 is 38.7 Å². The van der Waals surface area contributed by atoms with E-state index in [2.05, 4.69) is 19.9 Å². The van der Waals surface area contributed by atoms with Crippen LogP contribution in [-0.4, -0.2) is 73.5 Å². The Labute approximate surface area is 214 Å². The van der Waals surface area contributed by atoms with Gasteiger partial charge in [0.05, 0.1) is 37.4 Å². The van der Waals surface area contributed by atoms with E-state index in [0.29, 0.717) is 32.0 Å². The Hall–Kier alpha value is -1.03. The van der Waals surface area contributed by atoms with Crippen LogP contribution in [0.2, 0.25) is 0 Å². The molecule has 0 aromatic rings. The minimum atomic E-state index is -1.11. The van der Waals surface area contributed by atoms with Crippen LogP contribution in [-0.2, 0) is 28.5 Å². The molecule has 204 valence electrons. The molecule has 2 N–H and O–H groups in total.